The lowest BCUT2D eigenvalue weighted by Gasteiger charge is -2.05. The van der Waals surface area contributed by atoms with E-state index in [4.69, 9.17) is 0 Å². The Morgan fingerprint density at radius 3 is 2.90 bits per heavy atom. The number of fused-ring (bicyclic) bond motifs is 1. The first-order chi connectivity index (χ1) is 14.1. The highest BCUT2D eigenvalue weighted by Gasteiger charge is 2.13. The molecule has 148 valence electrons. The molecule has 0 fully saturated rings. The number of thioether (sulfide) groups is 1. The van der Waals surface area contributed by atoms with Crippen LogP contribution in [0.25, 0.3) is 10.2 Å². The van der Waals surface area contributed by atoms with Crippen LogP contribution < -0.4 is 11.0 Å². The monoisotopic (exact) mass is 429 g/mol. The quantitative estimate of drug-likeness (QED) is 0.440. The van der Waals surface area contributed by atoms with E-state index in [0.717, 1.165) is 5.56 Å². The van der Waals surface area contributed by atoms with E-state index in [9.17, 15) is 14.0 Å². The Balaban J connectivity index is 1.37. The molecule has 4 rings (SSSR count). The van der Waals surface area contributed by atoms with Crippen molar-refractivity contribution in [2.24, 2.45) is 0 Å². The summed E-state index contributed by atoms with van der Waals surface area (Å²) in [5, 5.41) is 9.99. The van der Waals surface area contributed by atoms with Gasteiger partial charge in [0, 0.05) is 6.54 Å². The summed E-state index contributed by atoms with van der Waals surface area (Å²) >= 11 is 2.37. The minimum absolute atomic E-state index is 0.0694. The number of amides is 1. The third kappa shape index (κ3) is 4.72. The van der Waals surface area contributed by atoms with Crippen LogP contribution in [-0.4, -0.2) is 31.4 Å². The van der Waals surface area contributed by atoms with Gasteiger partial charge in [-0.15, -0.1) is 5.10 Å². The highest BCUT2D eigenvalue weighted by atomic mass is 32.2. The second-order valence-electron chi connectivity index (χ2n) is 6.17. The summed E-state index contributed by atoms with van der Waals surface area (Å²) in [7, 11) is 0. The molecule has 0 saturated carbocycles. The van der Waals surface area contributed by atoms with Gasteiger partial charge in [0.2, 0.25) is 5.91 Å². The Bertz CT molecular complexity index is 1200. The Hall–Kier alpha value is -2.98. The van der Waals surface area contributed by atoms with Crippen LogP contribution in [0, 0.1) is 5.82 Å². The maximum Gasteiger partial charge on any atom is 0.343 e. The third-order valence-electron chi connectivity index (χ3n) is 4.12. The van der Waals surface area contributed by atoms with Gasteiger partial charge < -0.3 is 5.32 Å². The number of hydrogen-bond acceptors (Lipinski definition) is 6. The van der Waals surface area contributed by atoms with Gasteiger partial charge in [0.1, 0.15) is 5.82 Å². The number of thiazole rings is 1. The number of aromatic nitrogens is 4. The SMILES string of the molecule is O=C(CSc1n[nH]c(=O)n1CCc1ccccc1)Nc1nc2ccc(F)cc2s1. The molecule has 0 atom stereocenters. The van der Waals surface area contributed by atoms with Crippen LogP contribution in [0.2, 0.25) is 0 Å². The highest BCUT2D eigenvalue weighted by molar-refractivity contribution is 7.99. The zero-order valence-electron chi connectivity index (χ0n) is 15.1. The van der Waals surface area contributed by atoms with E-state index in [1.54, 1.807) is 6.07 Å². The number of aryl methyl sites for hydroxylation is 1. The zero-order chi connectivity index (χ0) is 20.2. The van der Waals surface area contributed by atoms with Crippen molar-refractivity contribution < 1.29 is 9.18 Å². The normalized spacial score (nSPS) is 11.1. The number of carbonyl (C=O) groups is 1. The third-order valence-corrected chi connectivity index (χ3v) is 6.03. The number of carbonyl (C=O) groups excluding carboxylic acids is 1. The van der Waals surface area contributed by atoms with Crippen molar-refractivity contribution in [1.29, 1.82) is 0 Å². The molecule has 2 aromatic heterocycles. The molecule has 0 spiro atoms. The van der Waals surface area contributed by atoms with Crippen LogP contribution in [0.4, 0.5) is 9.52 Å². The van der Waals surface area contributed by atoms with E-state index in [1.165, 1.54) is 39.8 Å². The topological polar surface area (TPSA) is 92.7 Å². The maximum absolute atomic E-state index is 13.3. The number of nitrogens with one attached hydrogen (secondary N) is 2. The first-order valence-corrected chi connectivity index (χ1v) is 10.6. The van der Waals surface area contributed by atoms with Gasteiger partial charge in [0.05, 0.1) is 16.0 Å². The summed E-state index contributed by atoms with van der Waals surface area (Å²) in [6.45, 7) is 0.465. The number of nitrogens with zero attached hydrogens (tertiary/aromatic N) is 3. The van der Waals surface area contributed by atoms with Crippen molar-refractivity contribution in [2.45, 2.75) is 18.1 Å². The molecule has 2 aromatic carbocycles. The molecular weight excluding hydrogens is 413 g/mol. The Morgan fingerprint density at radius 2 is 2.07 bits per heavy atom. The van der Waals surface area contributed by atoms with Gasteiger partial charge in [-0.3, -0.25) is 9.36 Å². The molecule has 2 N–H and O–H groups in total. The Labute approximate surface area is 173 Å². The minimum atomic E-state index is -0.346. The second-order valence-corrected chi connectivity index (χ2v) is 8.14. The molecule has 1 amide bonds. The summed E-state index contributed by atoms with van der Waals surface area (Å²) in [5.41, 5.74) is 1.43. The van der Waals surface area contributed by atoms with Gasteiger partial charge >= 0.3 is 5.69 Å². The van der Waals surface area contributed by atoms with E-state index >= 15 is 0 Å². The molecular formula is C19H16FN5O2S2. The van der Waals surface area contributed by atoms with E-state index in [-0.39, 0.29) is 23.2 Å². The van der Waals surface area contributed by atoms with E-state index in [2.05, 4.69) is 20.5 Å². The molecule has 0 bridgehead atoms. The van der Waals surface area contributed by atoms with E-state index in [0.29, 0.717) is 33.5 Å². The molecule has 0 unspecified atom stereocenters. The van der Waals surface area contributed by atoms with Crippen molar-refractivity contribution in [2.75, 3.05) is 11.1 Å². The first-order valence-electron chi connectivity index (χ1n) is 8.76. The predicted molar refractivity (Wildman–Crippen MR) is 112 cm³/mol. The van der Waals surface area contributed by atoms with Gasteiger partial charge in [-0.25, -0.2) is 19.3 Å². The van der Waals surface area contributed by atoms with Crippen molar-refractivity contribution in [3.63, 3.8) is 0 Å². The highest BCUT2D eigenvalue weighted by Crippen LogP contribution is 2.26. The smallest absolute Gasteiger partial charge is 0.301 e. The fourth-order valence-corrected chi connectivity index (χ4v) is 4.41. The number of aromatic amines is 1. The van der Waals surface area contributed by atoms with Crippen LogP contribution in [0.3, 0.4) is 0 Å². The van der Waals surface area contributed by atoms with Crippen LogP contribution >= 0.6 is 23.1 Å². The average Bonchev–Trinajstić information content (AvgIpc) is 3.27. The van der Waals surface area contributed by atoms with Crippen molar-refractivity contribution in [3.8, 4) is 0 Å². The molecule has 0 radical (unpaired) electrons. The summed E-state index contributed by atoms with van der Waals surface area (Å²) < 4.78 is 15.5. The number of hydrogen-bond donors (Lipinski definition) is 2. The lowest BCUT2D eigenvalue weighted by molar-refractivity contribution is -0.113. The van der Waals surface area contributed by atoms with Crippen molar-refractivity contribution in [1.82, 2.24) is 19.7 Å². The van der Waals surface area contributed by atoms with Crippen molar-refractivity contribution >= 4 is 44.4 Å². The number of benzene rings is 2. The largest absolute Gasteiger partial charge is 0.343 e. The van der Waals surface area contributed by atoms with Gasteiger partial charge in [0.15, 0.2) is 10.3 Å². The standard InChI is InChI=1S/C19H16FN5O2S2/c20-13-6-7-14-15(10-13)29-17(21-14)22-16(26)11-28-19-24-23-18(27)25(19)9-8-12-4-2-1-3-5-12/h1-7,10H,8-9,11H2,(H,23,27)(H,21,22,26). The molecule has 0 aliphatic heterocycles. The van der Waals surface area contributed by atoms with Crippen LogP contribution in [0.1, 0.15) is 5.56 Å². The summed E-state index contributed by atoms with van der Waals surface area (Å²) in [5.74, 6) is -0.555. The number of rotatable bonds is 7. The molecule has 0 aliphatic carbocycles. The number of anilines is 1. The molecule has 29 heavy (non-hydrogen) atoms. The Kier molecular flexibility index (Phi) is 5.72. The van der Waals surface area contributed by atoms with Crippen LogP contribution in [-0.2, 0) is 17.8 Å². The zero-order valence-corrected chi connectivity index (χ0v) is 16.7. The first kappa shape index (κ1) is 19.3. The van der Waals surface area contributed by atoms with Gasteiger partial charge in [0.25, 0.3) is 0 Å². The fourth-order valence-electron chi connectivity index (χ4n) is 2.73. The van der Waals surface area contributed by atoms with Gasteiger partial charge in [-0.05, 0) is 30.2 Å². The summed E-state index contributed by atoms with van der Waals surface area (Å²) in [4.78, 5) is 28.5. The minimum Gasteiger partial charge on any atom is -0.301 e. The molecule has 10 heteroatoms. The van der Waals surface area contributed by atoms with Crippen LogP contribution in [0.15, 0.2) is 58.5 Å². The van der Waals surface area contributed by atoms with Crippen LogP contribution in [0.5, 0.6) is 0 Å². The van der Waals surface area contributed by atoms with E-state index < -0.39 is 0 Å². The Morgan fingerprint density at radius 1 is 1.24 bits per heavy atom. The molecule has 0 saturated heterocycles. The molecule has 7 nitrogen and oxygen atoms in total. The predicted octanol–water partition coefficient (Wildman–Crippen LogP) is 3.29. The lowest BCUT2D eigenvalue weighted by atomic mass is 10.1. The summed E-state index contributed by atoms with van der Waals surface area (Å²) in [6, 6.07) is 14.1. The molecule has 0 aliphatic rings. The number of H-pyrrole nitrogens is 1. The maximum atomic E-state index is 13.3. The molecule has 4 aromatic rings. The van der Waals surface area contributed by atoms with Gasteiger partial charge in [-0.1, -0.05) is 53.4 Å². The fraction of sp³-hybridized carbons (Fsp3) is 0.158. The lowest BCUT2D eigenvalue weighted by Crippen LogP contribution is -2.20. The average molecular weight is 430 g/mol. The van der Waals surface area contributed by atoms with E-state index in [1.807, 2.05) is 30.3 Å². The van der Waals surface area contributed by atoms with Crippen molar-refractivity contribution in [3.05, 3.63) is 70.4 Å². The molecule has 2 heterocycles. The number of halogens is 1. The van der Waals surface area contributed by atoms with Gasteiger partial charge in [-0.2, -0.15) is 0 Å². The summed E-state index contributed by atoms with van der Waals surface area (Å²) in [6.07, 6.45) is 0.683. The second kappa shape index (κ2) is 8.58.